The number of unbranched alkanes of at least 4 members (excludes halogenated alkanes) is 4. The normalized spacial score (nSPS) is 11.0. The topological polar surface area (TPSA) is 61.8 Å². The molecule has 0 spiro atoms. The number of para-hydroxylation sites is 2. The van der Waals surface area contributed by atoms with E-state index in [0.29, 0.717) is 17.9 Å². The van der Waals surface area contributed by atoms with Crippen LogP contribution in [-0.2, 0) is 13.9 Å². The number of hydrogen-bond donors (Lipinski definition) is 0. The van der Waals surface area contributed by atoms with Crippen LogP contribution in [0, 0.1) is 0 Å². The van der Waals surface area contributed by atoms with Gasteiger partial charge in [0.15, 0.2) is 0 Å². The van der Waals surface area contributed by atoms with Crippen LogP contribution in [-0.4, -0.2) is 5.97 Å². The van der Waals surface area contributed by atoms with Crippen molar-refractivity contribution in [1.29, 1.82) is 0 Å². The molecule has 140 valence electrons. The molecule has 2 aromatic rings. The predicted molar refractivity (Wildman–Crippen MR) is 101 cm³/mol. The molecule has 0 aliphatic rings. The Labute approximate surface area is 154 Å². The summed E-state index contributed by atoms with van der Waals surface area (Å²) in [5.41, 5.74) is 0. The summed E-state index contributed by atoms with van der Waals surface area (Å²) >= 11 is 0. The molecule has 5 nitrogen and oxygen atoms in total. The highest BCUT2D eigenvalue weighted by Gasteiger charge is 2.35. The minimum atomic E-state index is -4.13. The molecule has 0 fully saturated rings. The quantitative estimate of drug-likeness (QED) is 0.347. The minimum Gasteiger partial charge on any atom is -0.386 e. The van der Waals surface area contributed by atoms with Gasteiger partial charge in [-0.3, -0.25) is 4.79 Å². The van der Waals surface area contributed by atoms with Gasteiger partial charge in [0, 0.05) is 6.42 Å². The van der Waals surface area contributed by atoms with Crippen LogP contribution in [0.1, 0.15) is 45.4 Å². The van der Waals surface area contributed by atoms with Gasteiger partial charge in [0.1, 0.15) is 11.5 Å². The van der Waals surface area contributed by atoms with Crippen LogP contribution in [0.4, 0.5) is 0 Å². The Morgan fingerprint density at radius 1 is 0.808 bits per heavy atom. The zero-order valence-electron chi connectivity index (χ0n) is 15.0. The van der Waals surface area contributed by atoms with Crippen LogP contribution >= 0.6 is 7.82 Å². The molecular weight excluding hydrogens is 351 g/mol. The Bertz CT molecular complexity index is 657. The van der Waals surface area contributed by atoms with Crippen LogP contribution in [0.25, 0.3) is 0 Å². The monoisotopic (exact) mass is 376 g/mol. The lowest BCUT2D eigenvalue weighted by Crippen LogP contribution is -2.10. The first kappa shape index (κ1) is 20.1. The maximum absolute atomic E-state index is 13.0. The van der Waals surface area contributed by atoms with E-state index in [2.05, 4.69) is 6.92 Å². The molecule has 2 aromatic carbocycles. The molecule has 0 atom stereocenters. The molecule has 0 aromatic heterocycles. The summed E-state index contributed by atoms with van der Waals surface area (Å²) in [6, 6.07) is 17.0. The second-order valence-electron chi connectivity index (χ2n) is 5.88. The molecule has 0 N–H and O–H groups in total. The van der Waals surface area contributed by atoms with Gasteiger partial charge in [-0.15, -0.1) is 0 Å². The summed E-state index contributed by atoms with van der Waals surface area (Å²) in [6.07, 6.45) is 5.16. The van der Waals surface area contributed by atoms with E-state index in [0.717, 1.165) is 25.7 Å². The van der Waals surface area contributed by atoms with Gasteiger partial charge in [-0.1, -0.05) is 69.0 Å². The molecule has 0 saturated heterocycles. The fourth-order valence-electron chi connectivity index (χ4n) is 2.32. The third-order valence-corrected chi connectivity index (χ3v) is 4.92. The van der Waals surface area contributed by atoms with Gasteiger partial charge in [0.25, 0.3) is 0 Å². The molecule has 0 bridgehead atoms. The van der Waals surface area contributed by atoms with Crippen LogP contribution in [0.5, 0.6) is 11.5 Å². The van der Waals surface area contributed by atoms with Crippen LogP contribution in [0.3, 0.4) is 0 Å². The fraction of sp³-hybridized carbons (Fsp3) is 0.350. The Balaban J connectivity index is 2.00. The highest BCUT2D eigenvalue weighted by molar-refractivity contribution is 7.50. The minimum absolute atomic E-state index is 0.185. The SMILES string of the molecule is CCCCCCCC(=O)OP(=O)(Oc1ccccc1)Oc1ccccc1. The van der Waals surface area contributed by atoms with Crippen molar-refractivity contribution < 1.29 is 22.9 Å². The average Bonchev–Trinajstić information content (AvgIpc) is 2.63. The maximum atomic E-state index is 13.0. The largest absolute Gasteiger partial charge is 0.649 e. The van der Waals surface area contributed by atoms with E-state index in [-0.39, 0.29) is 6.42 Å². The maximum Gasteiger partial charge on any atom is 0.649 e. The molecule has 0 radical (unpaired) electrons. The number of carbonyl (C=O) groups is 1. The molecule has 0 aliphatic heterocycles. The van der Waals surface area contributed by atoms with Crippen molar-refractivity contribution in [2.75, 3.05) is 0 Å². The Morgan fingerprint density at radius 2 is 1.31 bits per heavy atom. The summed E-state index contributed by atoms with van der Waals surface area (Å²) in [6.45, 7) is 2.13. The molecule has 0 unspecified atom stereocenters. The van der Waals surface area contributed by atoms with Crippen molar-refractivity contribution in [2.45, 2.75) is 45.4 Å². The molecule has 0 saturated carbocycles. The third-order valence-electron chi connectivity index (χ3n) is 3.62. The number of benzene rings is 2. The van der Waals surface area contributed by atoms with E-state index in [1.54, 1.807) is 60.7 Å². The van der Waals surface area contributed by atoms with Gasteiger partial charge in [-0.25, -0.2) is 0 Å². The smallest absolute Gasteiger partial charge is 0.386 e. The number of hydrogen-bond acceptors (Lipinski definition) is 5. The number of carbonyl (C=O) groups excluding carboxylic acids is 1. The molecule has 0 heterocycles. The van der Waals surface area contributed by atoms with Crippen LogP contribution < -0.4 is 9.05 Å². The van der Waals surface area contributed by atoms with Crippen molar-refractivity contribution >= 4 is 13.8 Å². The van der Waals surface area contributed by atoms with Gasteiger partial charge in [-0.05, 0) is 30.7 Å². The van der Waals surface area contributed by atoms with Crippen molar-refractivity contribution in [3.05, 3.63) is 60.7 Å². The third kappa shape index (κ3) is 7.32. The van der Waals surface area contributed by atoms with E-state index >= 15 is 0 Å². The zero-order chi connectivity index (χ0) is 18.7. The van der Waals surface area contributed by atoms with Crippen molar-refractivity contribution in [3.8, 4) is 11.5 Å². The molecule has 0 amide bonds. The Hall–Kier alpha value is -2.26. The van der Waals surface area contributed by atoms with E-state index in [9.17, 15) is 9.36 Å². The fourth-order valence-corrected chi connectivity index (χ4v) is 3.53. The second-order valence-corrected chi connectivity index (χ2v) is 7.33. The molecule has 0 aliphatic carbocycles. The van der Waals surface area contributed by atoms with E-state index < -0.39 is 13.8 Å². The summed E-state index contributed by atoms with van der Waals surface area (Å²) in [5, 5.41) is 0. The van der Waals surface area contributed by atoms with Crippen molar-refractivity contribution in [2.24, 2.45) is 0 Å². The first-order valence-electron chi connectivity index (χ1n) is 8.93. The van der Waals surface area contributed by atoms with Crippen molar-refractivity contribution in [3.63, 3.8) is 0 Å². The van der Waals surface area contributed by atoms with Gasteiger partial charge in [0.05, 0.1) is 0 Å². The average molecular weight is 376 g/mol. The van der Waals surface area contributed by atoms with E-state index in [4.69, 9.17) is 13.6 Å². The first-order chi connectivity index (χ1) is 12.6. The van der Waals surface area contributed by atoms with Gasteiger partial charge < -0.3 is 13.6 Å². The number of phosphoric ester groups is 1. The van der Waals surface area contributed by atoms with Gasteiger partial charge >= 0.3 is 13.8 Å². The van der Waals surface area contributed by atoms with Gasteiger partial charge in [0.2, 0.25) is 0 Å². The van der Waals surface area contributed by atoms with Crippen LogP contribution in [0.2, 0.25) is 0 Å². The predicted octanol–water partition coefficient (Wildman–Crippen LogP) is 6.16. The number of rotatable bonds is 11. The van der Waals surface area contributed by atoms with Crippen LogP contribution in [0.15, 0.2) is 60.7 Å². The summed E-state index contributed by atoms with van der Waals surface area (Å²) in [4.78, 5) is 12.1. The molecule has 2 rings (SSSR count). The second kappa shape index (κ2) is 10.7. The number of phosphoric acid groups is 1. The summed E-state index contributed by atoms with van der Waals surface area (Å²) < 4.78 is 29.0. The molecular formula is C20H25O5P. The van der Waals surface area contributed by atoms with E-state index in [1.165, 1.54) is 0 Å². The Kier molecular flexibility index (Phi) is 8.23. The molecule has 6 heteroatoms. The summed E-state index contributed by atoms with van der Waals surface area (Å²) in [5.74, 6) is 0.0294. The highest BCUT2D eigenvalue weighted by atomic mass is 31.2. The summed E-state index contributed by atoms with van der Waals surface area (Å²) in [7, 11) is -4.13. The lowest BCUT2D eigenvalue weighted by molar-refractivity contribution is -0.135. The van der Waals surface area contributed by atoms with Crippen molar-refractivity contribution in [1.82, 2.24) is 0 Å². The Morgan fingerprint density at radius 3 is 1.81 bits per heavy atom. The van der Waals surface area contributed by atoms with Gasteiger partial charge in [-0.2, -0.15) is 4.57 Å². The first-order valence-corrected chi connectivity index (χ1v) is 10.4. The lowest BCUT2D eigenvalue weighted by Gasteiger charge is -2.18. The lowest BCUT2D eigenvalue weighted by atomic mass is 10.1. The van der Waals surface area contributed by atoms with E-state index in [1.807, 2.05) is 0 Å². The highest BCUT2D eigenvalue weighted by Crippen LogP contribution is 2.49. The zero-order valence-corrected chi connectivity index (χ0v) is 15.9. The standard InChI is InChI=1S/C20H25O5P/c1-2-3-4-5-12-17-20(21)25-26(22,23-18-13-8-6-9-14-18)24-19-15-10-7-11-16-19/h6-11,13-16H,2-5,12,17H2,1H3. The molecule has 26 heavy (non-hydrogen) atoms.